The van der Waals surface area contributed by atoms with Crippen molar-refractivity contribution in [2.45, 2.75) is 13.0 Å². The Labute approximate surface area is 119 Å². The van der Waals surface area contributed by atoms with Gasteiger partial charge in [-0.05, 0) is 37.7 Å². The molecular weight excluding hydrogens is 312 g/mol. The molecule has 19 heavy (non-hydrogen) atoms. The Bertz CT molecular complexity index is 533. The van der Waals surface area contributed by atoms with Crippen molar-refractivity contribution in [2.24, 2.45) is 0 Å². The first kappa shape index (κ1) is 14.0. The molecular formula is C13H15BrN2O3. The van der Waals surface area contributed by atoms with Gasteiger partial charge in [-0.15, -0.1) is 0 Å². The van der Waals surface area contributed by atoms with Crippen molar-refractivity contribution in [3.8, 4) is 0 Å². The molecule has 1 fully saturated rings. The van der Waals surface area contributed by atoms with Gasteiger partial charge in [0.05, 0.1) is 13.1 Å². The fourth-order valence-corrected chi connectivity index (χ4v) is 2.72. The van der Waals surface area contributed by atoms with Gasteiger partial charge in [-0.25, -0.2) is 0 Å². The lowest BCUT2D eigenvalue weighted by molar-refractivity contribution is -0.144. The molecule has 0 aliphatic carbocycles. The van der Waals surface area contributed by atoms with Gasteiger partial charge in [0.15, 0.2) is 0 Å². The van der Waals surface area contributed by atoms with Crippen molar-refractivity contribution in [1.29, 1.82) is 0 Å². The number of aliphatic carboxylic acids is 1. The van der Waals surface area contributed by atoms with E-state index in [9.17, 15) is 14.7 Å². The Balaban J connectivity index is 2.32. The molecule has 2 rings (SSSR count). The van der Waals surface area contributed by atoms with Gasteiger partial charge in [0, 0.05) is 10.2 Å². The summed E-state index contributed by atoms with van der Waals surface area (Å²) < 4.78 is 0.935. The Hall–Kier alpha value is -1.40. The van der Waals surface area contributed by atoms with Crippen LogP contribution in [-0.4, -0.2) is 48.1 Å². The van der Waals surface area contributed by atoms with Crippen LogP contribution in [0.25, 0.3) is 0 Å². The average Bonchev–Trinajstić information content (AvgIpc) is 2.30. The van der Waals surface area contributed by atoms with E-state index < -0.39 is 12.0 Å². The van der Waals surface area contributed by atoms with Crippen LogP contribution >= 0.6 is 15.9 Å². The van der Waals surface area contributed by atoms with Crippen LogP contribution in [-0.2, 0) is 9.59 Å². The molecule has 1 aromatic carbocycles. The molecule has 6 heteroatoms. The topological polar surface area (TPSA) is 60.9 Å². The van der Waals surface area contributed by atoms with Crippen LogP contribution in [0.1, 0.15) is 5.56 Å². The highest BCUT2D eigenvalue weighted by molar-refractivity contribution is 9.10. The zero-order valence-electron chi connectivity index (χ0n) is 10.8. The van der Waals surface area contributed by atoms with Crippen molar-refractivity contribution in [3.63, 3.8) is 0 Å². The van der Waals surface area contributed by atoms with Crippen LogP contribution < -0.4 is 4.90 Å². The molecule has 1 amide bonds. The third kappa shape index (κ3) is 2.79. The maximum Gasteiger partial charge on any atom is 0.322 e. The molecule has 0 spiro atoms. The molecule has 0 saturated carbocycles. The van der Waals surface area contributed by atoms with Gasteiger partial charge in [0.2, 0.25) is 5.91 Å². The molecule has 1 aliphatic rings. The van der Waals surface area contributed by atoms with Crippen molar-refractivity contribution >= 4 is 33.5 Å². The number of carboxylic acid groups (broad SMARTS) is 1. The van der Waals surface area contributed by atoms with Gasteiger partial charge >= 0.3 is 5.97 Å². The van der Waals surface area contributed by atoms with Gasteiger partial charge < -0.3 is 10.0 Å². The third-order valence-electron chi connectivity index (χ3n) is 3.31. The summed E-state index contributed by atoms with van der Waals surface area (Å²) >= 11 is 3.37. The quantitative estimate of drug-likeness (QED) is 0.894. The Kier molecular flexibility index (Phi) is 3.91. The van der Waals surface area contributed by atoms with E-state index in [0.717, 1.165) is 15.7 Å². The van der Waals surface area contributed by atoms with Crippen molar-refractivity contribution < 1.29 is 14.7 Å². The predicted octanol–water partition coefficient (Wildman–Crippen LogP) is 1.49. The van der Waals surface area contributed by atoms with E-state index in [1.807, 2.05) is 25.1 Å². The summed E-state index contributed by atoms with van der Waals surface area (Å²) in [4.78, 5) is 26.4. The lowest BCUT2D eigenvalue weighted by Crippen LogP contribution is -2.57. The lowest BCUT2D eigenvalue weighted by atomic mass is 10.1. The van der Waals surface area contributed by atoms with Crippen LogP contribution in [0.2, 0.25) is 0 Å². The van der Waals surface area contributed by atoms with Crippen LogP contribution in [0.5, 0.6) is 0 Å². The van der Waals surface area contributed by atoms with E-state index in [1.165, 1.54) is 0 Å². The van der Waals surface area contributed by atoms with E-state index in [2.05, 4.69) is 15.9 Å². The first-order valence-corrected chi connectivity index (χ1v) is 6.69. The number of carboxylic acids is 1. The minimum atomic E-state index is -0.908. The number of piperazine rings is 1. The van der Waals surface area contributed by atoms with E-state index >= 15 is 0 Å². The summed E-state index contributed by atoms with van der Waals surface area (Å²) in [5.74, 6) is -0.986. The number of likely N-dealkylation sites (N-methyl/N-ethyl adjacent to an activating group) is 1. The van der Waals surface area contributed by atoms with Gasteiger partial charge in [-0.2, -0.15) is 0 Å². The summed E-state index contributed by atoms with van der Waals surface area (Å²) in [5, 5.41) is 9.19. The molecule has 5 nitrogen and oxygen atoms in total. The fraction of sp³-hybridized carbons (Fsp3) is 0.385. The summed E-state index contributed by atoms with van der Waals surface area (Å²) in [7, 11) is 1.66. The van der Waals surface area contributed by atoms with E-state index in [4.69, 9.17) is 0 Å². The number of nitrogens with zero attached hydrogens (tertiary/aromatic N) is 2. The molecule has 1 atom stereocenters. The maximum atomic E-state index is 12.1. The van der Waals surface area contributed by atoms with Gasteiger partial charge in [-0.1, -0.05) is 15.9 Å². The zero-order chi connectivity index (χ0) is 14.2. The minimum absolute atomic E-state index is 0.0783. The highest BCUT2D eigenvalue weighted by Gasteiger charge is 2.35. The van der Waals surface area contributed by atoms with Crippen LogP contribution in [0.15, 0.2) is 22.7 Å². The highest BCUT2D eigenvalue weighted by atomic mass is 79.9. The smallest absolute Gasteiger partial charge is 0.322 e. The summed E-state index contributed by atoms with van der Waals surface area (Å²) in [5.41, 5.74) is 1.71. The number of carbonyl (C=O) groups excluding carboxylic acids is 1. The molecule has 1 saturated heterocycles. The summed E-state index contributed by atoms with van der Waals surface area (Å²) in [6.45, 7) is 2.20. The molecule has 1 aliphatic heterocycles. The number of halogens is 1. The molecule has 0 bridgehead atoms. The van der Waals surface area contributed by atoms with Crippen LogP contribution in [0, 0.1) is 6.92 Å². The maximum absolute atomic E-state index is 12.1. The SMILES string of the molecule is Cc1cc(Br)ccc1N1CC(C(=O)O)N(C)CC1=O. The number of rotatable bonds is 2. The number of aryl methyl sites for hydroxylation is 1. The van der Waals surface area contributed by atoms with Gasteiger partial charge in [-0.3, -0.25) is 14.5 Å². The summed E-state index contributed by atoms with van der Waals surface area (Å²) in [6.07, 6.45) is 0. The molecule has 1 aromatic rings. The highest BCUT2D eigenvalue weighted by Crippen LogP contribution is 2.26. The zero-order valence-corrected chi connectivity index (χ0v) is 12.3. The second-order valence-electron chi connectivity index (χ2n) is 4.70. The van der Waals surface area contributed by atoms with E-state index in [0.29, 0.717) is 0 Å². The monoisotopic (exact) mass is 326 g/mol. The molecule has 0 radical (unpaired) electrons. The lowest BCUT2D eigenvalue weighted by Gasteiger charge is -2.37. The van der Waals surface area contributed by atoms with Gasteiger partial charge in [0.25, 0.3) is 0 Å². The van der Waals surface area contributed by atoms with E-state index in [1.54, 1.807) is 16.8 Å². The standard InChI is InChI=1S/C13H15BrN2O3/c1-8-5-9(14)3-4-10(8)16-6-11(13(18)19)15(2)7-12(16)17/h3-5,11H,6-7H2,1-2H3,(H,18,19). The second-order valence-corrected chi connectivity index (χ2v) is 5.62. The molecule has 1 heterocycles. The number of hydrogen-bond acceptors (Lipinski definition) is 3. The fourth-order valence-electron chi connectivity index (χ4n) is 2.24. The average molecular weight is 327 g/mol. The number of hydrogen-bond donors (Lipinski definition) is 1. The van der Waals surface area contributed by atoms with Crippen molar-refractivity contribution in [1.82, 2.24) is 4.90 Å². The number of amides is 1. The molecule has 0 aromatic heterocycles. The second kappa shape index (κ2) is 5.30. The number of anilines is 1. The Morgan fingerprint density at radius 2 is 2.16 bits per heavy atom. The largest absolute Gasteiger partial charge is 0.480 e. The molecule has 1 N–H and O–H groups in total. The minimum Gasteiger partial charge on any atom is -0.480 e. The number of benzene rings is 1. The number of carbonyl (C=O) groups is 2. The Morgan fingerprint density at radius 3 is 2.74 bits per heavy atom. The Morgan fingerprint density at radius 1 is 1.47 bits per heavy atom. The molecule has 102 valence electrons. The van der Waals surface area contributed by atoms with Crippen LogP contribution in [0.4, 0.5) is 5.69 Å². The van der Waals surface area contributed by atoms with Crippen molar-refractivity contribution in [2.75, 3.05) is 25.0 Å². The predicted molar refractivity (Wildman–Crippen MR) is 75.3 cm³/mol. The van der Waals surface area contributed by atoms with Crippen LogP contribution in [0.3, 0.4) is 0 Å². The van der Waals surface area contributed by atoms with E-state index in [-0.39, 0.29) is 19.0 Å². The third-order valence-corrected chi connectivity index (χ3v) is 3.80. The first-order valence-electron chi connectivity index (χ1n) is 5.89. The van der Waals surface area contributed by atoms with Gasteiger partial charge in [0.1, 0.15) is 6.04 Å². The normalized spacial score (nSPS) is 20.7. The van der Waals surface area contributed by atoms with Crippen molar-refractivity contribution in [3.05, 3.63) is 28.2 Å². The first-order chi connectivity index (χ1) is 8.90. The molecule has 1 unspecified atom stereocenters. The summed E-state index contributed by atoms with van der Waals surface area (Å²) in [6, 6.07) is 4.93.